The van der Waals surface area contributed by atoms with E-state index in [1.165, 1.54) is 21.6 Å². The number of nitrogens with zero attached hydrogens (tertiary/aromatic N) is 4. The van der Waals surface area contributed by atoms with Crippen molar-refractivity contribution in [3.8, 4) is 0 Å². The van der Waals surface area contributed by atoms with E-state index in [1.54, 1.807) is 4.90 Å². The molecule has 176 valence electrons. The molecule has 0 bridgehead atoms. The van der Waals surface area contributed by atoms with Crippen LogP contribution >= 0.6 is 0 Å². The van der Waals surface area contributed by atoms with Crippen LogP contribution in [-0.4, -0.2) is 100 Å². The SMILES string of the molecule is CC(=O)N1CC[C@H](NC(=O)N2CCN3C(=O)N([C@H]4C[C@@H]4c4ccccc4)C(=O)[C@@H]3C2)[C@@H](F)C1. The number of rotatable bonds is 3. The lowest BCUT2D eigenvalue weighted by atomic mass is 10.0. The van der Waals surface area contributed by atoms with E-state index >= 15 is 0 Å². The number of carbonyl (C=O) groups is 4. The van der Waals surface area contributed by atoms with E-state index < -0.39 is 24.3 Å². The van der Waals surface area contributed by atoms with Crippen molar-refractivity contribution >= 4 is 23.9 Å². The Labute approximate surface area is 191 Å². The second kappa shape index (κ2) is 8.31. The van der Waals surface area contributed by atoms with Crippen LogP contribution in [0.1, 0.15) is 31.2 Å². The Kier molecular flexibility index (Phi) is 5.46. The first-order valence-electron chi connectivity index (χ1n) is 11.5. The molecule has 3 heterocycles. The quantitative estimate of drug-likeness (QED) is 0.690. The highest BCUT2D eigenvalue weighted by Gasteiger charge is 2.56. The number of alkyl halides is 1. The Bertz CT molecular complexity index is 975. The topological polar surface area (TPSA) is 93.3 Å². The smallest absolute Gasteiger partial charge is 0.327 e. The van der Waals surface area contributed by atoms with Crippen LogP contribution in [0.4, 0.5) is 14.0 Å². The molecule has 5 atom stereocenters. The Hall–Kier alpha value is -3.17. The summed E-state index contributed by atoms with van der Waals surface area (Å²) in [6.45, 7) is 2.40. The van der Waals surface area contributed by atoms with Gasteiger partial charge in [0.1, 0.15) is 12.2 Å². The first-order chi connectivity index (χ1) is 15.8. The van der Waals surface area contributed by atoms with Crippen LogP contribution in [0.25, 0.3) is 0 Å². The summed E-state index contributed by atoms with van der Waals surface area (Å²) in [5, 5.41) is 2.72. The van der Waals surface area contributed by atoms with Crippen molar-refractivity contribution in [1.29, 1.82) is 0 Å². The highest BCUT2D eigenvalue weighted by atomic mass is 19.1. The van der Waals surface area contributed by atoms with Gasteiger partial charge >= 0.3 is 12.1 Å². The number of imide groups is 1. The van der Waals surface area contributed by atoms with Gasteiger partial charge in [-0.3, -0.25) is 14.5 Å². The molecule has 10 heteroatoms. The molecule has 1 saturated carbocycles. The summed E-state index contributed by atoms with van der Waals surface area (Å²) < 4.78 is 14.5. The van der Waals surface area contributed by atoms with Crippen LogP contribution in [-0.2, 0) is 9.59 Å². The molecule has 33 heavy (non-hydrogen) atoms. The number of likely N-dealkylation sites (tertiary alicyclic amines) is 1. The van der Waals surface area contributed by atoms with Gasteiger partial charge in [-0.1, -0.05) is 30.3 Å². The van der Waals surface area contributed by atoms with Crippen LogP contribution in [0.5, 0.6) is 0 Å². The lowest BCUT2D eigenvalue weighted by molar-refractivity contribution is -0.131. The first-order valence-corrected chi connectivity index (χ1v) is 11.5. The largest absolute Gasteiger partial charge is 0.340 e. The van der Waals surface area contributed by atoms with Gasteiger partial charge in [-0.05, 0) is 18.4 Å². The van der Waals surface area contributed by atoms with Crippen LogP contribution in [0.3, 0.4) is 0 Å². The highest BCUT2D eigenvalue weighted by molar-refractivity contribution is 6.05. The number of carbonyl (C=O) groups excluding carboxylic acids is 4. The molecule has 4 aliphatic rings. The van der Waals surface area contributed by atoms with Crippen molar-refractivity contribution < 1.29 is 23.6 Å². The summed E-state index contributed by atoms with van der Waals surface area (Å²) in [7, 11) is 0. The number of piperidine rings is 1. The number of piperazine rings is 1. The number of hydrogen-bond donors (Lipinski definition) is 1. The van der Waals surface area contributed by atoms with Crippen molar-refractivity contribution in [3.05, 3.63) is 35.9 Å². The minimum atomic E-state index is -1.34. The van der Waals surface area contributed by atoms with Crippen LogP contribution in [0.15, 0.2) is 30.3 Å². The Morgan fingerprint density at radius 3 is 2.48 bits per heavy atom. The molecule has 0 aromatic heterocycles. The second-order valence-corrected chi connectivity index (χ2v) is 9.29. The fourth-order valence-electron chi connectivity index (χ4n) is 5.23. The average Bonchev–Trinajstić information content (AvgIpc) is 3.56. The Morgan fingerprint density at radius 1 is 1.03 bits per heavy atom. The molecule has 1 aromatic carbocycles. The van der Waals surface area contributed by atoms with E-state index in [-0.39, 0.29) is 56.0 Å². The molecule has 5 rings (SSSR count). The summed E-state index contributed by atoms with van der Waals surface area (Å²) >= 11 is 0. The molecule has 0 radical (unpaired) electrons. The van der Waals surface area contributed by atoms with Crippen molar-refractivity contribution in [2.24, 2.45) is 0 Å². The molecular weight excluding hydrogens is 429 g/mol. The third kappa shape index (κ3) is 3.91. The number of amides is 6. The fourth-order valence-corrected chi connectivity index (χ4v) is 5.23. The molecule has 3 saturated heterocycles. The maximum atomic E-state index is 14.5. The number of urea groups is 2. The van der Waals surface area contributed by atoms with Gasteiger partial charge in [0.2, 0.25) is 5.91 Å². The van der Waals surface area contributed by atoms with Crippen molar-refractivity contribution in [3.63, 3.8) is 0 Å². The average molecular weight is 458 g/mol. The maximum Gasteiger partial charge on any atom is 0.327 e. The number of benzene rings is 1. The number of hydrogen-bond acceptors (Lipinski definition) is 4. The summed E-state index contributed by atoms with van der Waals surface area (Å²) in [6, 6.07) is 7.61. The van der Waals surface area contributed by atoms with Gasteiger partial charge in [-0.25, -0.2) is 14.0 Å². The van der Waals surface area contributed by atoms with Gasteiger partial charge in [-0.2, -0.15) is 0 Å². The number of nitrogens with one attached hydrogen (secondary N) is 1. The molecule has 0 unspecified atom stereocenters. The zero-order chi connectivity index (χ0) is 23.3. The summed E-state index contributed by atoms with van der Waals surface area (Å²) in [5.41, 5.74) is 1.12. The predicted octanol–water partition coefficient (Wildman–Crippen LogP) is 1.16. The summed E-state index contributed by atoms with van der Waals surface area (Å²) in [5.74, 6) is -0.293. The molecule has 0 spiro atoms. The van der Waals surface area contributed by atoms with E-state index in [2.05, 4.69) is 5.32 Å². The van der Waals surface area contributed by atoms with E-state index in [0.717, 1.165) is 12.0 Å². The van der Waals surface area contributed by atoms with Gasteiger partial charge in [0.25, 0.3) is 5.91 Å². The summed E-state index contributed by atoms with van der Waals surface area (Å²) in [4.78, 5) is 56.2. The molecule has 9 nitrogen and oxygen atoms in total. The van der Waals surface area contributed by atoms with Gasteiger partial charge in [0.15, 0.2) is 0 Å². The lowest BCUT2D eigenvalue weighted by Crippen LogP contribution is -2.60. The lowest BCUT2D eigenvalue weighted by Gasteiger charge is -2.38. The van der Waals surface area contributed by atoms with E-state index in [4.69, 9.17) is 0 Å². The van der Waals surface area contributed by atoms with Crippen LogP contribution in [0, 0.1) is 0 Å². The predicted molar refractivity (Wildman–Crippen MR) is 116 cm³/mol. The number of halogens is 1. The van der Waals surface area contributed by atoms with Crippen LogP contribution in [0.2, 0.25) is 0 Å². The maximum absolute atomic E-state index is 14.5. The van der Waals surface area contributed by atoms with Gasteiger partial charge in [0, 0.05) is 38.5 Å². The zero-order valence-electron chi connectivity index (χ0n) is 18.5. The van der Waals surface area contributed by atoms with E-state index in [0.29, 0.717) is 13.0 Å². The van der Waals surface area contributed by atoms with Crippen molar-refractivity contribution in [2.45, 2.75) is 50.0 Å². The van der Waals surface area contributed by atoms with Crippen molar-refractivity contribution in [2.75, 3.05) is 32.7 Å². The molecule has 6 amide bonds. The van der Waals surface area contributed by atoms with E-state index in [1.807, 2.05) is 30.3 Å². The molecule has 1 aliphatic carbocycles. The second-order valence-electron chi connectivity index (χ2n) is 9.29. The van der Waals surface area contributed by atoms with Gasteiger partial charge in [0.05, 0.1) is 19.1 Å². The zero-order valence-corrected chi connectivity index (χ0v) is 18.5. The van der Waals surface area contributed by atoms with Gasteiger partial charge in [-0.15, -0.1) is 0 Å². The van der Waals surface area contributed by atoms with E-state index in [9.17, 15) is 23.6 Å². The third-order valence-corrected chi connectivity index (χ3v) is 7.25. The normalized spacial score (nSPS) is 31.5. The molecule has 1 N–H and O–H groups in total. The Morgan fingerprint density at radius 2 is 1.79 bits per heavy atom. The molecule has 4 fully saturated rings. The highest BCUT2D eigenvalue weighted by Crippen LogP contribution is 2.46. The monoisotopic (exact) mass is 457 g/mol. The fraction of sp³-hybridized carbons (Fsp3) is 0.565. The first kappa shape index (κ1) is 21.7. The van der Waals surface area contributed by atoms with Gasteiger partial charge < -0.3 is 20.0 Å². The molecule has 1 aromatic rings. The Balaban J connectivity index is 1.20. The molecular formula is C23H28FN5O4. The number of fused-ring (bicyclic) bond motifs is 1. The standard InChI is InChI=1S/C23H28FN5O4/c1-14(30)26-8-7-18(17(24)12-26)25-22(32)27-9-10-28-20(13-27)21(31)29(23(28)33)19-11-16(19)15-5-3-2-4-6-15/h2-6,16-20H,7-13H2,1H3,(H,25,32)/t16-,17+,18+,19+,20+/m1/s1. The third-order valence-electron chi connectivity index (χ3n) is 7.25. The minimum Gasteiger partial charge on any atom is -0.340 e. The molecule has 3 aliphatic heterocycles. The van der Waals surface area contributed by atoms with Crippen LogP contribution < -0.4 is 5.32 Å². The summed E-state index contributed by atoms with van der Waals surface area (Å²) in [6.07, 6.45) is -0.255. The van der Waals surface area contributed by atoms with Crippen molar-refractivity contribution in [1.82, 2.24) is 24.9 Å². The minimum absolute atomic E-state index is 0.0391.